The quantitative estimate of drug-likeness (QED) is 0.460. The maximum Gasteiger partial charge on any atom is 0.322 e. The lowest BCUT2D eigenvalue weighted by Gasteiger charge is -2.27. The first-order chi connectivity index (χ1) is 13.3. The van der Waals surface area contributed by atoms with Gasteiger partial charge in [-0.3, -0.25) is 19.2 Å². The Kier molecular flexibility index (Phi) is 7.51. The summed E-state index contributed by atoms with van der Waals surface area (Å²) in [5, 5.41) is 13.8. The highest BCUT2D eigenvalue weighted by molar-refractivity contribution is 5.94. The summed E-state index contributed by atoms with van der Waals surface area (Å²) in [6.07, 6.45) is 1.36. The number of carboxylic acid groups (broad SMARTS) is 1. The van der Waals surface area contributed by atoms with Gasteiger partial charge in [-0.15, -0.1) is 0 Å². The topological polar surface area (TPSA) is 142 Å². The predicted octanol–water partition coefficient (Wildman–Crippen LogP) is -0.747. The third kappa shape index (κ3) is 5.78. The standard InChI is InChI=1S/C19H26N4O5/c1-12(20)19(28)23-9-5-8-15(23)18(27)22-14(17(26)21-11-16(24)25)10-13-6-3-2-4-7-13/h2-4,6-7,12,14-15H,5,8-11,20H2,1H3,(H,21,26)(H,22,27)(H,24,25). The van der Waals surface area contributed by atoms with E-state index in [4.69, 9.17) is 10.8 Å². The molecule has 9 nitrogen and oxygen atoms in total. The van der Waals surface area contributed by atoms with E-state index < -0.39 is 42.5 Å². The fourth-order valence-corrected chi connectivity index (χ4v) is 3.18. The van der Waals surface area contributed by atoms with Gasteiger partial charge in [-0.25, -0.2) is 0 Å². The number of hydrogen-bond donors (Lipinski definition) is 4. The Morgan fingerprint density at radius 2 is 1.93 bits per heavy atom. The summed E-state index contributed by atoms with van der Waals surface area (Å²) in [5.41, 5.74) is 6.47. The van der Waals surface area contributed by atoms with Gasteiger partial charge < -0.3 is 26.4 Å². The summed E-state index contributed by atoms with van der Waals surface area (Å²) < 4.78 is 0. The van der Waals surface area contributed by atoms with Gasteiger partial charge in [-0.1, -0.05) is 30.3 Å². The van der Waals surface area contributed by atoms with Crippen LogP contribution >= 0.6 is 0 Å². The van der Waals surface area contributed by atoms with Crippen LogP contribution in [-0.4, -0.2) is 64.9 Å². The van der Waals surface area contributed by atoms with Crippen LogP contribution < -0.4 is 16.4 Å². The summed E-state index contributed by atoms with van der Waals surface area (Å²) in [4.78, 5) is 49.6. The minimum Gasteiger partial charge on any atom is -0.480 e. The highest BCUT2D eigenvalue weighted by Gasteiger charge is 2.36. The van der Waals surface area contributed by atoms with Crippen molar-refractivity contribution in [3.63, 3.8) is 0 Å². The van der Waals surface area contributed by atoms with Crippen molar-refractivity contribution in [1.29, 1.82) is 0 Å². The Hall–Kier alpha value is -2.94. The van der Waals surface area contributed by atoms with E-state index in [0.29, 0.717) is 19.4 Å². The summed E-state index contributed by atoms with van der Waals surface area (Å²) in [7, 11) is 0. The average Bonchev–Trinajstić information content (AvgIpc) is 3.15. The number of amides is 3. The molecule has 1 aliphatic heterocycles. The SMILES string of the molecule is CC(N)C(=O)N1CCCC1C(=O)NC(Cc1ccccc1)C(=O)NCC(=O)O. The average molecular weight is 390 g/mol. The number of rotatable bonds is 8. The second kappa shape index (κ2) is 9.84. The van der Waals surface area contributed by atoms with Gasteiger partial charge in [0.05, 0.1) is 6.04 Å². The zero-order valence-electron chi connectivity index (χ0n) is 15.8. The number of benzene rings is 1. The van der Waals surface area contributed by atoms with E-state index in [1.54, 1.807) is 6.92 Å². The molecule has 9 heteroatoms. The smallest absolute Gasteiger partial charge is 0.322 e. The number of hydrogen-bond acceptors (Lipinski definition) is 5. The van der Waals surface area contributed by atoms with E-state index in [0.717, 1.165) is 5.56 Å². The molecule has 152 valence electrons. The first-order valence-corrected chi connectivity index (χ1v) is 9.19. The molecule has 3 unspecified atom stereocenters. The van der Waals surface area contributed by atoms with Gasteiger partial charge >= 0.3 is 5.97 Å². The summed E-state index contributed by atoms with van der Waals surface area (Å²) >= 11 is 0. The van der Waals surface area contributed by atoms with E-state index in [2.05, 4.69) is 10.6 Å². The van der Waals surface area contributed by atoms with Crippen LogP contribution in [0.2, 0.25) is 0 Å². The number of nitrogens with one attached hydrogen (secondary N) is 2. The van der Waals surface area contributed by atoms with Crippen molar-refractivity contribution in [1.82, 2.24) is 15.5 Å². The highest BCUT2D eigenvalue weighted by Crippen LogP contribution is 2.18. The van der Waals surface area contributed by atoms with Crippen molar-refractivity contribution in [2.24, 2.45) is 5.73 Å². The lowest BCUT2D eigenvalue weighted by atomic mass is 10.0. The lowest BCUT2D eigenvalue weighted by molar-refractivity contribution is -0.140. The number of aliphatic carboxylic acids is 1. The Morgan fingerprint density at radius 1 is 1.25 bits per heavy atom. The van der Waals surface area contributed by atoms with Crippen molar-refractivity contribution in [2.45, 2.75) is 44.3 Å². The van der Waals surface area contributed by atoms with Crippen LogP contribution in [0.1, 0.15) is 25.3 Å². The number of carbonyl (C=O) groups excluding carboxylic acids is 3. The number of carboxylic acids is 1. The van der Waals surface area contributed by atoms with Gasteiger partial charge in [0.15, 0.2) is 0 Å². The first-order valence-electron chi connectivity index (χ1n) is 9.19. The molecule has 0 radical (unpaired) electrons. The molecule has 3 atom stereocenters. The summed E-state index contributed by atoms with van der Waals surface area (Å²) in [5.74, 6) is -2.53. The molecule has 2 rings (SSSR count). The molecular formula is C19H26N4O5. The van der Waals surface area contributed by atoms with Gasteiger partial charge in [-0.05, 0) is 25.3 Å². The maximum atomic E-state index is 12.8. The van der Waals surface area contributed by atoms with E-state index in [1.807, 2.05) is 30.3 Å². The molecule has 0 saturated carbocycles. The van der Waals surface area contributed by atoms with Crippen LogP contribution in [0.5, 0.6) is 0 Å². The molecule has 1 fully saturated rings. The molecule has 0 aliphatic carbocycles. The fourth-order valence-electron chi connectivity index (χ4n) is 3.18. The Morgan fingerprint density at radius 3 is 2.54 bits per heavy atom. The van der Waals surface area contributed by atoms with Crippen molar-refractivity contribution in [3.05, 3.63) is 35.9 Å². The number of carbonyl (C=O) groups is 4. The number of nitrogens with zero attached hydrogens (tertiary/aromatic N) is 1. The molecule has 1 aromatic carbocycles. The third-order valence-corrected chi connectivity index (χ3v) is 4.56. The van der Waals surface area contributed by atoms with Gasteiger partial charge in [0, 0.05) is 13.0 Å². The summed E-state index contributed by atoms with van der Waals surface area (Å²) in [6.45, 7) is 1.46. The van der Waals surface area contributed by atoms with Crippen LogP contribution in [0, 0.1) is 0 Å². The van der Waals surface area contributed by atoms with Gasteiger partial charge in [0.1, 0.15) is 18.6 Å². The fraction of sp³-hybridized carbons (Fsp3) is 0.474. The first kappa shape index (κ1) is 21.4. The number of likely N-dealkylation sites (tertiary alicyclic amines) is 1. The molecule has 0 aromatic heterocycles. The van der Waals surface area contributed by atoms with E-state index in [1.165, 1.54) is 4.90 Å². The van der Waals surface area contributed by atoms with E-state index in [9.17, 15) is 19.2 Å². The monoisotopic (exact) mass is 390 g/mol. The van der Waals surface area contributed by atoms with Crippen molar-refractivity contribution < 1.29 is 24.3 Å². The zero-order valence-corrected chi connectivity index (χ0v) is 15.8. The van der Waals surface area contributed by atoms with Crippen LogP contribution in [0.4, 0.5) is 0 Å². The highest BCUT2D eigenvalue weighted by atomic mass is 16.4. The molecule has 28 heavy (non-hydrogen) atoms. The van der Waals surface area contributed by atoms with E-state index in [-0.39, 0.29) is 12.3 Å². The van der Waals surface area contributed by atoms with Crippen LogP contribution in [-0.2, 0) is 25.6 Å². The Bertz CT molecular complexity index is 722. The maximum absolute atomic E-state index is 12.8. The van der Waals surface area contributed by atoms with Crippen molar-refractivity contribution >= 4 is 23.7 Å². The van der Waals surface area contributed by atoms with Crippen LogP contribution in [0.15, 0.2) is 30.3 Å². The molecule has 5 N–H and O–H groups in total. The molecule has 1 aliphatic rings. The lowest BCUT2D eigenvalue weighted by Crippen LogP contribution is -2.55. The molecule has 1 aromatic rings. The minimum absolute atomic E-state index is 0.200. The zero-order chi connectivity index (χ0) is 20.7. The Balaban J connectivity index is 2.11. The van der Waals surface area contributed by atoms with Crippen LogP contribution in [0.3, 0.4) is 0 Å². The molecular weight excluding hydrogens is 364 g/mol. The van der Waals surface area contributed by atoms with Gasteiger partial charge in [-0.2, -0.15) is 0 Å². The van der Waals surface area contributed by atoms with Crippen molar-refractivity contribution in [3.8, 4) is 0 Å². The predicted molar refractivity (Wildman–Crippen MR) is 101 cm³/mol. The Labute approximate surface area is 163 Å². The normalized spacial score (nSPS) is 18.2. The second-order valence-corrected chi connectivity index (χ2v) is 6.84. The number of nitrogens with two attached hydrogens (primary N) is 1. The third-order valence-electron chi connectivity index (χ3n) is 4.56. The van der Waals surface area contributed by atoms with Crippen molar-refractivity contribution in [2.75, 3.05) is 13.1 Å². The molecule has 0 bridgehead atoms. The van der Waals surface area contributed by atoms with Crippen LogP contribution in [0.25, 0.3) is 0 Å². The second-order valence-electron chi connectivity index (χ2n) is 6.84. The molecule has 1 saturated heterocycles. The minimum atomic E-state index is -1.18. The molecule has 0 spiro atoms. The van der Waals surface area contributed by atoms with Gasteiger partial charge in [0.2, 0.25) is 17.7 Å². The summed E-state index contributed by atoms with van der Waals surface area (Å²) in [6, 6.07) is 6.71. The van der Waals surface area contributed by atoms with Gasteiger partial charge in [0.25, 0.3) is 0 Å². The molecule has 3 amide bonds. The molecule has 1 heterocycles. The largest absolute Gasteiger partial charge is 0.480 e. The van der Waals surface area contributed by atoms with E-state index >= 15 is 0 Å².